The van der Waals surface area contributed by atoms with Crippen LogP contribution in [0.2, 0.25) is 0 Å². The van der Waals surface area contributed by atoms with E-state index < -0.39 is 0 Å². The highest BCUT2D eigenvalue weighted by atomic mass is 14.7. The highest BCUT2D eigenvalue weighted by molar-refractivity contribution is 6.23. The van der Waals surface area contributed by atoms with Crippen LogP contribution in [0.3, 0.4) is 0 Å². The average Bonchev–Trinajstić information content (AvgIpc) is 3.12. The molecule has 0 aliphatic heterocycles. The molecule has 8 rings (SSSR count). The Morgan fingerprint density at radius 2 is 0.891 bits per heavy atom. The number of aromatic nitrogens is 4. The number of hydrogen-bond donors (Lipinski definition) is 0. The Kier molecular flexibility index (Phi) is 6.88. The van der Waals surface area contributed by atoms with Crippen LogP contribution in [0.25, 0.3) is 77.4 Å². The Balaban J connectivity index is 1.54. The van der Waals surface area contributed by atoms with Crippen molar-refractivity contribution in [2.45, 2.75) is 13.8 Å². The molecule has 0 atom stereocenters. The molecule has 0 bridgehead atoms. The van der Waals surface area contributed by atoms with Crippen LogP contribution in [0.1, 0.15) is 11.4 Å². The van der Waals surface area contributed by atoms with Gasteiger partial charge >= 0.3 is 0 Å². The van der Waals surface area contributed by atoms with Crippen molar-refractivity contribution in [1.82, 2.24) is 19.9 Å². The number of benzene rings is 4. The van der Waals surface area contributed by atoms with Crippen LogP contribution in [0, 0.1) is 13.8 Å². The molecule has 0 aliphatic carbocycles. The third kappa shape index (κ3) is 4.81. The molecule has 0 amide bonds. The molecule has 218 valence electrons. The predicted molar refractivity (Wildman–Crippen MR) is 189 cm³/mol. The number of pyridine rings is 4. The van der Waals surface area contributed by atoms with Crippen molar-refractivity contribution in [3.8, 4) is 55.9 Å². The summed E-state index contributed by atoms with van der Waals surface area (Å²) in [5.41, 5.74) is 12.5. The van der Waals surface area contributed by atoms with Crippen molar-refractivity contribution >= 4 is 21.5 Å². The summed E-state index contributed by atoms with van der Waals surface area (Å²) in [4.78, 5) is 19.1. The lowest BCUT2D eigenvalue weighted by molar-refractivity contribution is 1.20. The standard InChI is InChI=1S/C42H30N4/c1-27-16-19-36(41(45-27)31-12-8-22-43-25-31)39-33-14-6-7-15-34(33)40(37-20-17-28(2)46-42(37)32-13-9-23-44-26-32)38-24-30(18-21-35(38)39)29-10-4-3-5-11-29/h3-26H,1-2H3. The van der Waals surface area contributed by atoms with E-state index in [0.717, 1.165) is 83.3 Å². The van der Waals surface area contributed by atoms with Crippen molar-refractivity contribution in [3.63, 3.8) is 0 Å². The van der Waals surface area contributed by atoms with Gasteiger partial charge in [-0.25, -0.2) is 0 Å². The number of fused-ring (bicyclic) bond motifs is 2. The summed E-state index contributed by atoms with van der Waals surface area (Å²) < 4.78 is 0. The van der Waals surface area contributed by atoms with E-state index >= 15 is 0 Å². The van der Waals surface area contributed by atoms with Gasteiger partial charge in [-0.15, -0.1) is 0 Å². The van der Waals surface area contributed by atoms with E-state index in [4.69, 9.17) is 9.97 Å². The number of nitrogens with zero attached hydrogens (tertiary/aromatic N) is 4. The Morgan fingerprint density at radius 1 is 0.391 bits per heavy atom. The van der Waals surface area contributed by atoms with Gasteiger partial charge in [0, 0.05) is 58.4 Å². The number of hydrogen-bond acceptors (Lipinski definition) is 4. The zero-order valence-corrected chi connectivity index (χ0v) is 25.6. The van der Waals surface area contributed by atoms with Gasteiger partial charge in [-0.2, -0.15) is 0 Å². The molecule has 0 saturated carbocycles. The predicted octanol–water partition coefficient (Wildman–Crippen LogP) is 10.5. The van der Waals surface area contributed by atoms with Gasteiger partial charge in [0.1, 0.15) is 0 Å². The van der Waals surface area contributed by atoms with Gasteiger partial charge in [-0.05, 0) is 100 Å². The quantitative estimate of drug-likeness (QED) is 0.187. The van der Waals surface area contributed by atoms with E-state index in [1.807, 2.05) is 38.4 Å². The molecule has 4 aromatic carbocycles. The summed E-state index contributed by atoms with van der Waals surface area (Å²) in [6.07, 6.45) is 7.41. The maximum absolute atomic E-state index is 5.10. The van der Waals surface area contributed by atoms with E-state index in [0.29, 0.717) is 0 Å². The average molecular weight is 591 g/mol. The topological polar surface area (TPSA) is 51.6 Å². The second kappa shape index (κ2) is 11.5. The number of rotatable bonds is 5. The first kappa shape index (κ1) is 27.5. The second-order valence-corrected chi connectivity index (χ2v) is 11.6. The summed E-state index contributed by atoms with van der Waals surface area (Å²) >= 11 is 0. The van der Waals surface area contributed by atoms with E-state index in [1.165, 1.54) is 5.56 Å². The first-order valence-corrected chi connectivity index (χ1v) is 15.5. The molecule has 0 spiro atoms. The largest absolute Gasteiger partial charge is 0.264 e. The minimum Gasteiger partial charge on any atom is -0.264 e. The summed E-state index contributed by atoms with van der Waals surface area (Å²) in [6, 6.07) is 42.9. The maximum atomic E-state index is 5.10. The molecular weight excluding hydrogens is 560 g/mol. The Morgan fingerprint density at radius 3 is 1.43 bits per heavy atom. The Labute approximate surface area is 268 Å². The third-order valence-electron chi connectivity index (χ3n) is 8.61. The molecule has 0 radical (unpaired) electrons. The van der Waals surface area contributed by atoms with Crippen LogP contribution >= 0.6 is 0 Å². The summed E-state index contributed by atoms with van der Waals surface area (Å²) in [6.45, 7) is 4.08. The van der Waals surface area contributed by atoms with Crippen LogP contribution in [0.5, 0.6) is 0 Å². The third-order valence-corrected chi connectivity index (χ3v) is 8.61. The normalized spacial score (nSPS) is 11.3. The van der Waals surface area contributed by atoms with Gasteiger partial charge < -0.3 is 0 Å². The number of aryl methyl sites for hydroxylation is 2. The molecule has 4 heterocycles. The summed E-state index contributed by atoms with van der Waals surface area (Å²) in [5, 5.41) is 4.63. The maximum Gasteiger partial charge on any atom is 0.0799 e. The van der Waals surface area contributed by atoms with E-state index in [2.05, 4.69) is 119 Å². The van der Waals surface area contributed by atoms with Crippen molar-refractivity contribution in [2.75, 3.05) is 0 Å². The minimum atomic E-state index is 0.922. The van der Waals surface area contributed by atoms with Crippen LogP contribution in [-0.2, 0) is 0 Å². The molecular formula is C42H30N4. The minimum absolute atomic E-state index is 0.922. The van der Waals surface area contributed by atoms with Gasteiger partial charge in [0.15, 0.2) is 0 Å². The monoisotopic (exact) mass is 590 g/mol. The van der Waals surface area contributed by atoms with Gasteiger partial charge in [0.25, 0.3) is 0 Å². The molecule has 4 heteroatoms. The van der Waals surface area contributed by atoms with Gasteiger partial charge in [-0.1, -0.05) is 78.9 Å². The molecule has 8 aromatic rings. The Bertz CT molecular complexity index is 2370. The van der Waals surface area contributed by atoms with Gasteiger partial charge in [-0.3, -0.25) is 19.9 Å². The molecule has 0 unspecified atom stereocenters. The molecule has 0 fully saturated rings. The lowest BCUT2D eigenvalue weighted by atomic mass is 9.83. The fourth-order valence-corrected chi connectivity index (χ4v) is 6.53. The first-order valence-electron chi connectivity index (χ1n) is 15.5. The molecule has 4 aromatic heterocycles. The van der Waals surface area contributed by atoms with Crippen LogP contribution in [0.4, 0.5) is 0 Å². The van der Waals surface area contributed by atoms with E-state index in [1.54, 1.807) is 12.4 Å². The second-order valence-electron chi connectivity index (χ2n) is 11.6. The van der Waals surface area contributed by atoms with Crippen molar-refractivity contribution in [1.29, 1.82) is 0 Å². The molecule has 0 N–H and O–H groups in total. The van der Waals surface area contributed by atoms with Gasteiger partial charge in [0.05, 0.1) is 11.4 Å². The van der Waals surface area contributed by atoms with E-state index in [-0.39, 0.29) is 0 Å². The van der Waals surface area contributed by atoms with Gasteiger partial charge in [0.2, 0.25) is 0 Å². The summed E-state index contributed by atoms with van der Waals surface area (Å²) in [5.74, 6) is 0. The first-order chi connectivity index (χ1) is 22.7. The van der Waals surface area contributed by atoms with Crippen molar-refractivity contribution < 1.29 is 0 Å². The molecule has 46 heavy (non-hydrogen) atoms. The molecule has 0 aliphatic rings. The van der Waals surface area contributed by atoms with E-state index in [9.17, 15) is 0 Å². The molecule has 4 nitrogen and oxygen atoms in total. The SMILES string of the molecule is Cc1ccc(-c2c3ccccc3c(-c3ccc(C)nc3-c3cccnc3)c3cc(-c4ccccc4)ccc23)c(-c2cccnc2)n1. The van der Waals surface area contributed by atoms with Crippen LogP contribution in [0.15, 0.2) is 146 Å². The molecule has 0 saturated heterocycles. The zero-order chi connectivity index (χ0) is 31.0. The van der Waals surface area contributed by atoms with Crippen molar-refractivity contribution in [3.05, 3.63) is 158 Å². The fraction of sp³-hybridized carbons (Fsp3) is 0.0476. The highest BCUT2D eigenvalue weighted by Crippen LogP contribution is 2.48. The highest BCUT2D eigenvalue weighted by Gasteiger charge is 2.22. The lowest BCUT2D eigenvalue weighted by Gasteiger charge is -2.21. The lowest BCUT2D eigenvalue weighted by Crippen LogP contribution is -1.98. The fourth-order valence-electron chi connectivity index (χ4n) is 6.53. The van der Waals surface area contributed by atoms with Crippen LogP contribution in [-0.4, -0.2) is 19.9 Å². The Hall–Kier alpha value is -6.00. The summed E-state index contributed by atoms with van der Waals surface area (Å²) in [7, 11) is 0. The zero-order valence-electron chi connectivity index (χ0n) is 25.6. The smallest absolute Gasteiger partial charge is 0.0799 e. The van der Waals surface area contributed by atoms with Crippen LogP contribution < -0.4 is 0 Å². The van der Waals surface area contributed by atoms with Crippen molar-refractivity contribution in [2.24, 2.45) is 0 Å².